The molecule has 1 atom stereocenters. The molecule has 0 aliphatic rings. The molecular weight excluding hydrogens is 436 g/mol. The summed E-state index contributed by atoms with van der Waals surface area (Å²) in [7, 11) is 0. The summed E-state index contributed by atoms with van der Waals surface area (Å²) in [5.41, 5.74) is 0.649. The van der Waals surface area contributed by atoms with Crippen molar-refractivity contribution in [1.82, 2.24) is 25.2 Å². The van der Waals surface area contributed by atoms with Crippen molar-refractivity contribution < 1.29 is 14.5 Å². The molecule has 3 rings (SSSR count). The molecule has 0 fully saturated rings. The second kappa shape index (κ2) is 10.0. The number of benzene rings is 1. The van der Waals surface area contributed by atoms with Crippen LogP contribution in [0.2, 0.25) is 5.02 Å². The molecule has 32 heavy (non-hydrogen) atoms. The average Bonchev–Trinajstić information content (AvgIpc) is 3.30. The Morgan fingerprint density at radius 2 is 2.00 bits per heavy atom. The van der Waals surface area contributed by atoms with E-state index >= 15 is 0 Å². The number of carbonyl (C=O) groups excluding carboxylic acids is 2. The minimum atomic E-state index is -0.830. The normalized spacial score (nSPS) is 11.8. The van der Waals surface area contributed by atoms with Crippen LogP contribution in [0.1, 0.15) is 29.8 Å². The largest absolute Gasteiger partial charge is 0.350 e. The number of hydrogen-bond donors (Lipinski definition) is 2. The van der Waals surface area contributed by atoms with E-state index in [0.29, 0.717) is 5.82 Å². The molecule has 0 saturated heterocycles. The second-order valence-corrected chi connectivity index (χ2v) is 7.73. The lowest BCUT2D eigenvalue weighted by Crippen LogP contribution is -2.49. The summed E-state index contributed by atoms with van der Waals surface area (Å²) >= 11 is 6.03. The molecule has 0 aliphatic carbocycles. The molecule has 0 aliphatic heterocycles. The molecule has 3 aromatic rings. The van der Waals surface area contributed by atoms with E-state index in [1.54, 1.807) is 49.4 Å². The Labute approximate surface area is 188 Å². The minimum absolute atomic E-state index is 0.0508. The van der Waals surface area contributed by atoms with Crippen LogP contribution in [0.25, 0.3) is 5.82 Å². The Bertz CT molecular complexity index is 1130. The third-order valence-corrected chi connectivity index (χ3v) is 5.00. The number of rotatable bonds is 8. The molecule has 0 saturated carbocycles. The smallest absolute Gasteiger partial charge is 0.270 e. The monoisotopic (exact) mass is 456 g/mol. The van der Waals surface area contributed by atoms with E-state index in [4.69, 9.17) is 11.6 Å². The van der Waals surface area contributed by atoms with Crippen LogP contribution in [-0.4, -0.2) is 37.3 Å². The molecule has 1 aromatic carbocycles. The van der Waals surface area contributed by atoms with Crippen LogP contribution in [0, 0.1) is 16.0 Å². The Kier molecular flexibility index (Phi) is 7.16. The van der Waals surface area contributed by atoms with Crippen LogP contribution in [0.3, 0.4) is 0 Å². The number of pyridine rings is 1. The summed E-state index contributed by atoms with van der Waals surface area (Å²) in [5, 5.41) is 16.3. The fourth-order valence-electron chi connectivity index (χ4n) is 2.96. The highest BCUT2D eigenvalue weighted by molar-refractivity contribution is 6.34. The van der Waals surface area contributed by atoms with Crippen molar-refractivity contribution >= 4 is 29.1 Å². The first-order valence-electron chi connectivity index (χ1n) is 9.72. The fraction of sp³-hybridized carbons (Fsp3) is 0.238. The van der Waals surface area contributed by atoms with E-state index in [1.165, 1.54) is 12.1 Å². The maximum Gasteiger partial charge on any atom is 0.270 e. The van der Waals surface area contributed by atoms with Gasteiger partial charge in [-0.2, -0.15) is 0 Å². The molecule has 2 amide bonds. The molecule has 0 bridgehead atoms. The number of imidazole rings is 1. The van der Waals surface area contributed by atoms with Crippen LogP contribution in [-0.2, 0) is 11.3 Å². The summed E-state index contributed by atoms with van der Waals surface area (Å²) < 4.78 is 1.75. The van der Waals surface area contributed by atoms with Crippen LogP contribution in [0.15, 0.2) is 55.2 Å². The van der Waals surface area contributed by atoms with E-state index in [9.17, 15) is 19.7 Å². The number of hydrogen-bond acceptors (Lipinski definition) is 6. The highest BCUT2D eigenvalue weighted by Crippen LogP contribution is 2.22. The zero-order valence-corrected chi connectivity index (χ0v) is 18.1. The lowest BCUT2D eigenvalue weighted by molar-refractivity contribution is -0.384. The van der Waals surface area contributed by atoms with Gasteiger partial charge in [0.1, 0.15) is 18.2 Å². The first-order valence-corrected chi connectivity index (χ1v) is 10.1. The second-order valence-electron chi connectivity index (χ2n) is 7.33. The van der Waals surface area contributed by atoms with E-state index in [2.05, 4.69) is 20.6 Å². The SMILES string of the molecule is CC(C)C(NC(=O)c1ccc([N+](=O)[O-])cc1Cl)C(=O)NCc1ccnc(-n2ccnc2)c1. The van der Waals surface area contributed by atoms with Gasteiger partial charge in [0.05, 0.1) is 15.5 Å². The third-order valence-electron chi connectivity index (χ3n) is 4.69. The van der Waals surface area contributed by atoms with Crippen LogP contribution < -0.4 is 10.6 Å². The van der Waals surface area contributed by atoms with E-state index in [-0.39, 0.29) is 34.6 Å². The molecule has 2 aromatic heterocycles. The molecule has 0 radical (unpaired) electrons. The van der Waals surface area contributed by atoms with Crippen LogP contribution in [0.5, 0.6) is 0 Å². The van der Waals surface area contributed by atoms with Crippen molar-refractivity contribution in [3.63, 3.8) is 0 Å². The Hall–Kier alpha value is -3.79. The number of nitrogens with one attached hydrogen (secondary N) is 2. The summed E-state index contributed by atoms with van der Waals surface area (Å²) in [6, 6.07) is 6.32. The van der Waals surface area contributed by atoms with Crippen molar-refractivity contribution in [2.24, 2.45) is 5.92 Å². The molecular formula is C21H21ClN6O4. The van der Waals surface area contributed by atoms with Crippen LogP contribution >= 0.6 is 11.6 Å². The van der Waals surface area contributed by atoms with E-state index in [1.807, 2.05) is 6.07 Å². The minimum Gasteiger partial charge on any atom is -0.350 e. The number of nitro benzene ring substituents is 1. The Morgan fingerprint density at radius 3 is 2.62 bits per heavy atom. The first-order chi connectivity index (χ1) is 15.3. The number of nitrogens with zero attached hydrogens (tertiary/aromatic N) is 4. The van der Waals surface area contributed by atoms with Gasteiger partial charge in [0.2, 0.25) is 5.91 Å². The van der Waals surface area contributed by atoms with Gasteiger partial charge < -0.3 is 10.6 Å². The van der Waals surface area contributed by atoms with Crippen molar-refractivity contribution in [2.45, 2.75) is 26.4 Å². The van der Waals surface area contributed by atoms with Crippen molar-refractivity contribution in [1.29, 1.82) is 0 Å². The zero-order chi connectivity index (χ0) is 23.3. The van der Waals surface area contributed by atoms with Gasteiger partial charge in [-0.25, -0.2) is 9.97 Å². The summed E-state index contributed by atoms with van der Waals surface area (Å²) in [4.78, 5) is 43.9. The van der Waals surface area contributed by atoms with Gasteiger partial charge in [0, 0.05) is 37.3 Å². The molecule has 166 valence electrons. The summed E-state index contributed by atoms with van der Waals surface area (Å²) in [6.45, 7) is 3.83. The van der Waals surface area contributed by atoms with Gasteiger partial charge in [-0.3, -0.25) is 24.3 Å². The van der Waals surface area contributed by atoms with Crippen molar-refractivity contribution in [3.05, 3.63) is 81.5 Å². The van der Waals surface area contributed by atoms with Gasteiger partial charge in [-0.15, -0.1) is 0 Å². The van der Waals surface area contributed by atoms with Gasteiger partial charge in [0.15, 0.2) is 0 Å². The van der Waals surface area contributed by atoms with Gasteiger partial charge in [-0.1, -0.05) is 25.4 Å². The molecule has 1 unspecified atom stereocenters. The van der Waals surface area contributed by atoms with E-state index < -0.39 is 16.9 Å². The molecule has 10 nitrogen and oxygen atoms in total. The number of non-ortho nitro benzene ring substituents is 1. The molecule has 11 heteroatoms. The maximum absolute atomic E-state index is 12.8. The standard InChI is InChI=1S/C21H21ClN6O4/c1-13(2)19(26-20(29)16-4-3-15(28(31)32)10-17(16)22)21(30)25-11-14-5-6-24-18(9-14)27-8-7-23-12-27/h3-10,12-13,19H,11H2,1-2H3,(H,25,30)(H,26,29). The van der Waals surface area contributed by atoms with Crippen LogP contribution in [0.4, 0.5) is 5.69 Å². The average molecular weight is 457 g/mol. The lowest BCUT2D eigenvalue weighted by Gasteiger charge is -2.22. The molecule has 0 spiro atoms. The fourth-order valence-corrected chi connectivity index (χ4v) is 3.22. The number of nitro groups is 1. The zero-order valence-electron chi connectivity index (χ0n) is 17.4. The Balaban J connectivity index is 1.67. The van der Waals surface area contributed by atoms with Gasteiger partial charge in [-0.05, 0) is 29.7 Å². The summed E-state index contributed by atoms with van der Waals surface area (Å²) in [5.74, 6) is -0.511. The highest BCUT2D eigenvalue weighted by Gasteiger charge is 2.26. The molecule has 2 heterocycles. The quantitative estimate of drug-likeness (QED) is 0.395. The van der Waals surface area contributed by atoms with E-state index in [0.717, 1.165) is 11.6 Å². The number of aromatic nitrogens is 3. The third kappa shape index (κ3) is 5.46. The number of amides is 2. The Morgan fingerprint density at radius 1 is 1.22 bits per heavy atom. The van der Waals surface area contributed by atoms with Crippen molar-refractivity contribution in [2.75, 3.05) is 0 Å². The predicted octanol–water partition coefficient (Wildman–Crippen LogP) is 2.90. The van der Waals surface area contributed by atoms with Gasteiger partial charge >= 0.3 is 0 Å². The predicted molar refractivity (Wildman–Crippen MR) is 117 cm³/mol. The maximum atomic E-state index is 12.8. The van der Waals surface area contributed by atoms with Gasteiger partial charge in [0.25, 0.3) is 11.6 Å². The summed E-state index contributed by atoms with van der Waals surface area (Å²) in [6.07, 6.45) is 6.66. The lowest BCUT2D eigenvalue weighted by atomic mass is 10.0. The number of carbonyl (C=O) groups is 2. The van der Waals surface area contributed by atoms with Crippen molar-refractivity contribution in [3.8, 4) is 5.82 Å². The molecule has 2 N–H and O–H groups in total. The highest BCUT2D eigenvalue weighted by atomic mass is 35.5. The first kappa shape index (κ1) is 22.9. The topological polar surface area (TPSA) is 132 Å². The number of halogens is 1.